The molecule has 0 aliphatic carbocycles. The zero-order chi connectivity index (χ0) is 10.7. The van der Waals surface area contributed by atoms with Gasteiger partial charge in [0.05, 0.1) is 12.2 Å². The van der Waals surface area contributed by atoms with Gasteiger partial charge in [0.15, 0.2) is 0 Å². The molecule has 1 heterocycles. The summed E-state index contributed by atoms with van der Waals surface area (Å²) in [4.78, 5) is 0. The number of nitrogens with one attached hydrogen (secondary N) is 1. The molecule has 0 spiro atoms. The van der Waals surface area contributed by atoms with Gasteiger partial charge in [0.2, 0.25) is 0 Å². The van der Waals surface area contributed by atoms with E-state index in [2.05, 4.69) is 33.0 Å². The lowest BCUT2D eigenvalue weighted by Gasteiger charge is -2.21. The number of rotatable bonds is 4. The minimum Gasteiger partial charge on any atom is -0.375 e. The average molecular weight is 200 g/mol. The third-order valence-electron chi connectivity index (χ3n) is 3.50. The zero-order valence-electron chi connectivity index (χ0n) is 9.79. The van der Waals surface area contributed by atoms with Crippen LogP contribution >= 0.6 is 0 Å². The molecular formula is C11H24N2O. The van der Waals surface area contributed by atoms with Gasteiger partial charge in [0.25, 0.3) is 0 Å². The van der Waals surface area contributed by atoms with Crippen molar-refractivity contribution in [2.75, 3.05) is 13.1 Å². The molecule has 0 aromatic heterocycles. The fourth-order valence-corrected chi connectivity index (χ4v) is 2.11. The standard InChI is InChI=1S/C11H24N2O/c1-7(5-12)13-6-11-8(2)9(3)14-10(11)4/h7-11,13H,5-6,12H2,1-4H3. The van der Waals surface area contributed by atoms with E-state index in [1.807, 2.05) is 0 Å². The highest BCUT2D eigenvalue weighted by Gasteiger charge is 2.36. The van der Waals surface area contributed by atoms with E-state index >= 15 is 0 Å². The fraction of sp³-hybridized carbons (Fsp3) is 1.00. The van der Waals surface area contributed by atoms with Crippen molar-refractivity contribution in [3.05, 3.63) is 0 Å². The lowest BCUT2D eigenvalue weighted by Crippen LogP contribution is -2.39. The highest BCUT2D eigenvalue weighted by molar-refractivity contribution is 4.85. The maximum Gasteiger partial charge on any atom is 0.0594 e. The van der Waals surface area contributed by atoms with Crippen molar-refractivity contribution >= 4 is 0 Å². The smallest absolute Gasteiger partial charge is 0.0594 e. The summed E-state index contributed by atoms with van der Waals surface area (Å²) in [5.74, 6) is 1.27. The Morgan fingerprint density at radius 2 is 1.93 bits per heavy atom. The minimum absolute atomic E-state index is 0.373. The Hall–Kier alpha value is -0.120. The molecule has 0 aromatic rings. The van der Waals surface area contributed by atoms with Crippen molar-refractivity contribution in [3.63, 3.8) is 0 Å². The van der Waals surface area contributed by atoms with E-state index in [0.717, 1.165) is 6.54 Å². The van der Waals surface area contributed by atoms with Crippen LogP contribution < -0.4 is 11.1 Å². The maximum atomic E-state index is 5.78. The second kappa shape index (κ2) is 5.10. The maximum absolute atomic E-state index is 5.78. The molecule has 84 valence electrons. The van der Waals surface area contributed by atoms with E-state index in [-0.39, 0.29) is 0 Å². The summed E-state index contributed by atoms with van der Waals surface area (Å²) in [7, 11) is 0. The summed E-state index contributed by atoms with van der Waals surface area (Å²) in [6.45, 7) is 10.4. The summed E-state index contributed by atoms with van der Waals surface area (Å²) < 4.78 is 5.78. The van der Waals surface area contributed by atoms with Crippen LogP contribution in [0.5, 0.6) is 0 Å². The van der Waals surface area contributed by atoms with Gasteiger partial charge < -0.3 is 15.8 Å². The van der Waals surface area contributed by atoms with Gasteiger partial charge in [-0.05, 0) is 26.7 Å². The van der Waals surface area contributed by atoms with Gasteiger partial charge in [0, 0.05) is 25.0 Å². The Bertz CT molecular complexity index is 175. The molecule has 0 aromatic carbocycles. The molecule has 0 saturated carbocycles. The highest BCUT2D eigenvalue weighted by atomic mass is 16.5. The van der Waals surface area contributed by atoms with Crippen molar-refractivity contribution in [1.82, 2.24) is 5.32 Å². The van der Waals surface area contributed by atoms with Crippen molar-refractivity contribution in [2.45, 2.75) is 45.9 Å². The molecule has 5 unspecified atom stereocenters. The van der Waals surface area contributed by atoms with Crippen LogP contribution in [0.25, 0.3) is 0 Å². The number of hydrogen-bond acceptors (Lipinski definition) is 3. The van der Waals surface area contributed by atoms with Crippen molar-refractivity contribution in [1.29, 1.82) is 0 Å². The molecule has 5 atom stereocenters. The summed E-state index contributed by atoms with van der Waals surface area (Å²) in [5.41, 5.74) is 5.56. The summed E-state index contributed by atoms with van der Waals surface area (Å²) in [5, 5.41) is 3.45. The van der Waals surface area contributed by atoms with Gasteiger partial charge in [-0.3, -0.25) is 0 Å². The Labute approximate surface area is 87.4 Å². The van der Waals surface area contributed by atoms with Crippen LogP contribution in [-0.4, -0.2) is 31.3 Å². The average Bonchev–Trinajstić information content (AvgIpc) is 2.39. The lowest BCUT2D eigenvalue weighted by molar-refractivity contribution is 0.0510. The first kappa shape index (κ1) is 12.0. The van der Waals surface area contributed by atoms with Crippen LogP contribution in [0.4, 0.5) is 0 Å². The number of hydrogen-bond donors (Lipinski definition) is 2. The van der Waals surface area contributed by atoms with E-state index < -0.39 is 0 Å². The van der Waals surface area contributed by atoms with Gasteiger partial charge in [-0.25, -0.2) is 0 Å². The predicted octanol–water partition coefficient (Wildman–Crippen LogP) is 0.983. The van der Waals surface area contributed by atoms with Crippen molar-refractivity contribution < 1.29 is 4.74 Å². The topological polar surface area (TPSA) is 47.3 Å². The highest BCUT2D eigenvalue weighted by Crippen LogP contribution is 2.31. The van der Waals surface area contributed by atoms with Crippen LogP contribution in [-0.2, 0) is 4.74 Å². The van der Waals surface area contributed by atoms with Crippen LogP contribution in [0.3, 0.4) is 0 Å². The van der Waals surface area contributed by atoms with E-state index in [4.69, 9.17) is 10.5 Å². The molecule has 3 N–H and O–H groups in total. The molecule has 1 aliphatic heterocycles. The molecule has 3 nitrogen and oxygen atoms in total. The third kappa shape index (κ3) is 2.69. The molecule has 1 rings (SSSR count). The summed E-state index contributed by atoms with van der Waals surface area (Å²) in [6.07, 6.45) is 0.766. The van der Waals surface area contributed by atoms with Gasteiger partial charge in [-0.15, -0.1) is 0 Å². The Morgan fingerprint density at radius 3 is 2.36 bits per heavy atom. The normalized spacial score (nSPS) is 40.1. The fourth-order valence-electron chi connectivity index (χ4n) is 2.11. The summed E-state index contributed by atoms with van der Waals surface area (Å²) in [6, 6.07) is 0.408. The van der Waals surface area contributed by atoms with Gasteiger partial charge in [-0.2, -0.15) is 0 Å². The second-order valence-electron chi connectivity index (χ2n) is 4.61. The molecule has 1 aliphatic rings. The van der Waals surface area contributed by atoms with Gasteiger partial charge in [-0.1, -0.05) is 6.92 Å². The molecular weight excluding hydrogens is 176 g/mol. The monoisotopic (exact) mass is 200 g/mol. The van der Waals surface area contributed by atoms with Crippen LogP contribution in [0.15, 0.2) is 0 Å². The molecule has 14 heavy (non-hydrogen) atoms. The molecule has 0 radical (unpaired) electrons. The SMILES string of the molecule is CC(CN)NCC1C(C)OC(C)C1C. The lowest BCUT2D eigenvalue weighted by atomic mass is 9.89. The first-order valence-corrected chi connectivity index (χ1v) is 5.65. The van der Waals surface area contributed by atoms with E-state index in [9.17, 15) is 0 Å². The molecule has 1 fully saturated rings. The van der Waals surface area contributed by atoms with Crippen LogP contribution in [0, 0.1) is 11.8 Å². The Morgan fingerprint density at radius 1 is 1.29 bits per heavy atom. The Kier molecular flexibility index (Phi) is 4.35. The van der Waals surface area contributed by atoms with Gasteiger partial charge >= 0.3 is 0 Å². The quantitative estimate of drug-likeness (QED) is 0.711. The van der Waals surface area contributed by atoms with Crippen LogP contribution in [0.2, 0.25) is 0 Å². The van der Waals surface area contributed by atoms with E-state index in [1.165, 1.54) is 0 Å². The predicted molar refractivity (Wildman–Crippen MR) is 59.2 cm³/mol. The second-order valence-corrected chi connectivity index (χ2v) is 4.61. The van der Waals surface area contributed by atoms with Crippen molar-refractivity contribution in [3.8, 4) is 0 Å². The molecule has 1 saturated heterocycles. The molecule has 0 amide bonds. The molecule has 0 bridgehead atoms. The van der Waals surface area contributed by atoms with E-state index in [1.54, 1.807) is 0 Å². The minimum atomic E-state index is 0.373. The first-order valence-electron chi connectivity index (χ1n) is 5.65. The number of ether oxygens (including phenoxy) is 1. The van der Waals surface area contributed by atoms with Gasteiger partial charge in [0.1, 0.15) is 0 Å². The Balaban J connectivity index is 2.36. The van der Waals surface area contributed by atoms with Crippen molar-refractivity contribution in [2.24, 2.45) is 17.6 Å². The zero-order valence-corrected chi connectivity index (χ0v) is 9.79. The summed E-state index contributed by atoms with van der Waals surface area (Å²) >= 11 is 0. The first-order chi connectivity index (χ1) is 6.56. The van der Waals surface area contributed by atoms with Crippen LogP contribution in [0.1, 0.15) is 27.7 Å². The van der Waals surface area contributed by atoms with E-state index in [0.29, 0.717) is 36.6 Å². The third-order valence-corrected chi connectivity index (χ3v) is 3.50. The molecule has 3 heteroatoms. The number of nitrogens with two attached hydrogens (primary N) is 1. The largest absolute Gasteiger partial charge is 0.375 e.